The molecule has 2 aromatic heterocycles. The van der Waals surface area contributed by atoms with Crippen molar-refractivity contribution in [2.75, 3.05) is 18.4 Å². The molecular formula is C28H25F3N4O3S. The van der Waals surface area contributed by atoms with Crippen LogP contribution in [0.5, 0.6) is 0 Å². The second-order valence-corrected chi connectivity index (χ2v) is 11.5. The van der Waals surface area contributed by atoms with Gasteiger partial charge in [-0.15, -0.1) is 0 Å². The Morgan fingerprint density at radius 1 is 1.00 bits per heavy atom. The minimum Gasteiger partial charge on any atom is -0.322 e. The Balaban J connectivity index is 1.59. The Morgan fingerprint density at radius 2 is 1.72 bits per heavy atom. The maximum Gasteiger partial charge on any atom is 0.416 e. The number of fused-ring (bicyclic) bond motifs is 1. The molecule has 1 fully saturated rings. The summed E-state index contributed by atoms with van der Waals surface area (Å²) < 4.78 is 67.9. The molecule has 1 saturated heterocycles. The summed E-state index contributed by atoms with van der Waals surface area (Å²) >= 11 is 0. The van der Waals surface area contributed by atoms with Crippen molar-refractivity contribution in [3.05, 3.63) is 84.2 Å². The topological polar surface area (TPSA) is 92.3 Å². The van der Waals surface area contributed by atoms with E-state index in [4.69, 9.17) is 0 Å². The maximum absolute atomic E-state index is 13.5. The summed E-state index contributed by atoms with van der Waals surface area (Å²) in [6.45, 7) is 2.90. The zero-order valence-electron chi connectivity index (χ0n) is 20.9. The number of hydrogen-bond donors (Lipinski definition) is 1. The number of hydrogen-bond acceptors (Lipinski definition) is 5. The number of sulfonamides is 1. The number of alkyl halides is 3. The van der Waals surface area contributed by atoms with Gasteiger partial charge in [0.2, 0.25) is 10.0 Å². The van der Waals surface area contributed by atoms with Crippen molar-refractivity contribution in [3.8, 4) is 11.3 Å². The maximum atomic E-state index is 13.5. The van der Waals surface area contributed by atoms with Crippen molar-refractivity contribution < 1.29 is 26.4 Å². The first-order valence-corrected chi connectivity index (χ1v) is 13.8. The molecule has 0 aliphatic carbocycles. The minimum absolute atomic E-state index is 0.0242. The highest BCUT2D eigenvalue weighted by Gasteiger charge is 2.31. The molecule has 0 radical (unpaired) electrons. The summed E-state index contributed by atoms with van der Waals surface area (Å²) in [5, 5.41) is 2.80. The third-order valence-corrected chi connectivity index (χ3v) is 8.72. The second-order valence-electron chi connectivity index (χ2n) is 9.59. The Morgan fingerprint density at radius 3 is 2.41 bits per heavy atom. The van der Waals surface area contributed by atoms with Gasteiger partial charge in [-0.3, -0.25) is 9.78 Å². The monoisotopic (exact) mass is 554 g/mol. The van der Waals surface area contributed by atoms with E-state index in [1.54, 1.807) is 30.6 Å². The Bertz CT molecular complexity index is 1640. The smallest absolute Gasteiger partial charge is 0.322 e. The first-order chi connectivity index (χ1) is 18.5. The number of carbonyl (C=O) groups is 1. The second kappa shape index (κ2) is 10.4. The Kier molecular flexibility index (Phi) is 7.13. The van der Waals surface area contributed by atoms with E-state index in [0.29, 0.717) is 35.8 Å². The molecule has 5 rings (SSSR count). The number of nitrogens with zero attached hydrogens (tertiary/aromatic N) is 3. The number of pyridine rings is 2. The van der Waals surface area contributed by atoms with Gasteiger partial charge in [0, 0.05) is 42.1 Å². The lowest BCUT2D eigenvalue weighted by Crippen LogP contribution is -2.37. The van der Waals surface area contributed by atoms with Crippen LogP contribution in [0.25, 0.3) is 22.2 Å². The number of halogens is 3. The lowest BCUT2D eigenvalue weighted by molar-refractivity contribution is -0.137. The van der Waals surface area contributed by atoms with Crippen molar-refractivity contribution in [1.82, 2.24) is 14.3 Å². The SMILES string of the molecule is CC1CCN(S(=O)(=O)c2ccc3nc(-c4ccncc4)cc(C(=O)Nc4cccc(C(F)(F)F)c4)c3c2)CC1. The van der Waals surface area contributed by atoms with Gasteiger partial charge in [0.15, 0.2) is 0 Å². The van der Waals surface area contributed by atoms with Gasteiger partial charge in [-0.25, -0.2) is 13.4 Å². The van der Waals surface area contributed by atoms with Crippen molar-refractivity contribution in [2.45, 2.75) is 30.8 Å². The predicted octanol–water partition coefficient (Wildman–Crippen LogP) is 5.99. The van der Waals surface area contributed by atoms with Crippen molar-refractivity contribution in [3.63, 3.8) is 0 Å². The fraction of sp³-hybridized carbons (Fsp3) is 0.250. The minimum atomic E-state index is -4.58. The van der Waals surface area contributed by atoms with E-state index < -0.39 is 27.7 Å². The molecular weight excluding hydrogens is 529 g/mol. The van der Waals surface area contributed by atoms with Crippen LogP contribution in [-0.2, 0) is 16.2 Å². The molecule has 1 aliphatic heterocycles. The molecule has 0 unspecified atom stereocenters. The van der Waals surface area contributed by atoms with Gasteiger partial charge in [-0.1, -0.05) is 13.0 Å². The molecule has 0 spiro atoms. The molecule has 0 atom stereocenters. The molecule has 7 nitrogen and oxygen atoms in total. The fourth-order valence-corrected chi connectivity index (χ4v) is 6.07. The van der Waals surface area contributed by atoms with Crippen LogP contribution >= 0.6 is 0 Å². The highest BCUT2D eigenvalue weighted by atomic mass is 32.2. The molecule has 39 heavy (non-hydrogen) atoms. The van der Waals surface area contributed by atoms with Crippen molar-refractivity contribution in [1.29, 1.82) is 0 Å². The first-order valence-electron chi connectivity index (χ1n) is 12.4. The Labute approximate surface area is 223 Å². The molecule has 0 bridgehead atoms. The summed E-state index contributed by atoms with van der Waals surface area (Å²) in [6.07, 6.45) is 0.0776. The number of anilines is 1. The molecule has 0 saturated carbocycles. The number of rotatable bonds is 5. The van der Waals surface area contributed by atoms with Crippen LogP contribution in [0.1, 0.15) is 35.7 Å². The first kappa shape index (κ1) is 26.8. The third-order valence-electron chi connectivity index (χ3n) is 6.83. The quantitative estimate of drug-likeness (QED) is 0.327. The van der Waals surface area contributed by atoms with Crippen LogP contribution in [-0.4, -0.2) is 41.7 Å². The van der Waals surface area contributed by atoms with Crippen LogP contribution in [0.2, 0.25) is 0 Å². The van der Waals surface area contributed by atoms with Crippen LogP contribution in [0, 0.1) is 5.92 Å². The number of aromatic nitrogens is 2. The standard InChI is InChI=1S/C28H25F3N4O3S/c1-18-9-13-35(14-10-18)39(37,38)22-5-6-25-23(16-22)24(17-26(34-25)19-7-11-32-12-8-19)27(36)33-21-4-2-3-20(15-21)28(29,30)31/h2-8,11-12,15-18H,9-10,13-14H2,1H3,(H,33,36). The highest BCUT2D eigenvalue weighted by molar-refractivity contribution is 7.89. The number of amides is 1. The average molecular weight is 555 g/mol. The molecule has 1 N–H and O–H groups in total. The molecule has 3 heterocycles. The van der Waals surface area contributed by atoms with Crippen LogP contribution in [0.3, 0.4) is 0 Å². The van der Waals surface area contributed by atoms with Gasteiger partial charge in [0.05, 0.1) is 27.2 Å². The van der Waals surface area contributed by atoms with Gasteiger partial charge < -0.3 is 5.32 Å². The van der Waals surface area contributed by atoms with E-state index in [-0.39, 0.29) is 21.5 Å². The number of benzene rings is 2. The largest absolute Gasteiger partial charge is 0.416 e. The third kappa shape index (κ3) is 5.64. The van der Waals surface area contributed by atoms with Gasteiger partial charge in [0.25, 0.3) is 5.91 Å². The van der Waals surface area contributed by atoms with E-state index in [2.05, 4.69) is 22.2 Å². The van der Waals surface area contributed by atoms with E-state index in [0.717, 1.165) is 25.0 Å². The molecule has 2 aromatic carbocycles. The summed E-state index contributed by atoms with van der Waals surface area (Å²) in [5.41, 5.74) is 0.593. The summed E-state index contributed by atoms with van der Waals surface area (Å²) in [7, 11) is -3.82. The number of piperidine rings is 1. The summed E-state index contributed by atoms with van der Waals surface area (Å²) in [4.78, 5) is 22.1. The van der Waals surface area contributed by atoms with Gasteiger partial charge >= 0.3 is 6.18 Å². The number of carbonyl (C=O) groups excluding carboxylic acids is 1. The zero-order valence-corrected chi connectivity index (χ0v) is 21.8. The average Bonchev–Trinajstić information content (AvgIpc) is 2.92. The molecule has 202 valence electrons. The highest BCUT2D eigenvalue weighted by Crippen LogP contribution is 2.32. The molecule has 1 aliphatic rings. The van der Waals surface area contributed by atoms with Crippen LogP contribution in [0.4, 0.5) is 18.9 Å². The molecule has 4 aromatic rings. The van der Waals surface area contributed by atoms with E-state index in [9.17, 15) is 26.4 Å². The van der Waals surface area contributed by atoms with Crippen molar-refractivity contribution >= 4 is 32.5 Å². The fourth-order valence-electron chi connectivity index (χ4n) is 4.57. The summed E-state index contributed by atoms with van der Waals surface area (Å²) in [6, 6.07) is 13.7. The lowest BCUT2D eigenvalue weighted by atomic mass is 10.0. The van der Waals surface area contributed by atoms with Crippen LogP contribution in [0.15, 0.2) is 78.0 Å². The predicted molar refractivity (Wildman–Crippen MR) is 142 cm³/mol. The zero-order chi connectivity index (χ0) is 27.8. The van der Waals surface area contributed by atoms with E-state index >= 15 is 0 Å². The van der Waals surface area contributed by atoms with Gasteiger partial charge in [-0.05, 0) is 73.4 Å². The molecule has 1 amide bonds. The van der Waals surface area contributed by atoms with Crippen molar-refractivity contribution in [2.24, 2.45) is 5.92 Å². The van der Waals surface area contributed by atoms with E-state index in [1.165, 1.54) is 34.6 Å². The van der Waals surface area contributed by atoms with Gasteiger partial charge in [-0.2, -0.15) is 17.5 Å². The Hall–Kier alpha value is -3.83. The normalized spacial score (nSPS) is 15.4. The summed E-state index contributed by atoms with van der Waals surface area (Å²) in [5.74, 6) is -0.256. The van der Waals surface area contributed by atoms with Crippen LogP contribution < -0.4 is 5.32 Å². The lowest BCUT2D eigenvalue weighted by Gasteiger charge is -2.29. The van der Waals surface area contributed by atoms with E-state index in [1.807, 2.05) is 0 Å². The van der Waals surface area contributed by atoms with Gasteiger partial charge in [0.1, 0.15) is 0 Å². The number of nitrogens with one attached hydrogen (secondary N) is 1. The molecule has 11 heteroatoms.